The summed E-state index contributed by atoms with van der Waals surface area (Å²) in [5.41, 5.74) is -3.00. The highest BCUT2D eigenvalue weighted by Crippen LogP contribution is 2.71. The maximum absolute atomic E-state index is 13.6. The van der Waals surface area contributed by atoms with Crippen molar-refractivity contribution in [2.45, 2.75) is 30.1 Å². The van der Waals surface area contributed by atoms with Crippen molar-refractivity contribution in [2.75, 3.05) is 28.4 Å². The van der Waals surface area contributed by atoms with Crippen LogP contribution in [0.5, 0.6) is 28.7 Å². The van der Waals surface area contributed by atoms with Gasteiger partial charge in [-0.3, -0.25) is 9.59 Å². The van der Waals surface area contributed by atoms with E-state index in [2.05, 4.69) is 0 Å². The number of fused-ring (bicyclic) bond motifs is 3. The molecule has 5 atom stereocenters. The Hall–Kier alpha value is -4.44. The Labute approximate surface area is 231 Å². The first-order chi connectivity index (χ1) is 19.2. The average molecular weight is 551 g/mol. The summed E-state index contributed by atoms with van der Waals surface area (Å²) in [6, 6.07) is 16.6. The standard InChI is InChI=1S/C30H30O10/c1-16(31)39-27-24(28(33)38-5)25(17-9-7-6-8-10-17)30(18-11-12-21(36-3)20(32)13-18)29(27,34)26-22(37-4)14-19(35-2)15-23(26)40-30/h6-15,24-25,27,32,34H,1-5H3/t24-,25+,27-,29-,30-/m0/s1. The van der Waals surface area contributed by atoms with Gasteiger partial charge in [0, 0.05) is 30.5 Å². The van der Waals surface area contributed by atoms with Gasteiger partial charge < -0.3 is 38.6 Å². The van der Waals surface area contributed by atoms with Crippen LogP contribution in [-0.4, -0.2) is 56.7 Å². The van der Waals surface area contributed by atoms with Crippen LogP contribution in [0.3, 0.4) is 0 Å². The Bertz CT molecular complexity index is 1450. The predicted octanol–water partition coefficient (Wildman–Crippen LogP) is 3.41. The molecule has 3 aromatic carbocycles. The quantitative estimate of drug-likeness (QED) is 0.422. The van der Waals surface area contributed by atoms with E-state index in [1.165, 1.54) is 47.5 Å². The van der Waals surface area contributed by atoms with Crippen LogP contribution in [0.25, 0.3) is 0 Å². The molecule has 210 valence electrons. The molecule has 1 saturated carbocycles. The molecule has 1 heterocycles. The summed E-state index contributed by atoms with van der Waals surface area (Å²) in [6.45, 7) is 1.19. The number of phenols is 1. The molecule has 0 spiro atoms. The van der Waals surface area contributed by atoms with Crippen molar-refractivity contribution in [3.8, 4) is 28.7 Å². The van der Waals surface area contributed by atoms with Gasteiger partial charge in [0.25, 0.3) is 0 Å². The zero-order valence-electron chi connectivity index (χ0n) is 22.7. The van der Waals surface area contributed by atoms with E-state index in [0.717, 1.165) is 0 Å². The second-order valence-corrected chi connectivity index (χ2v) is 9.66. The highest BCUT2D eigenvalue weighted by molar-refractivity contribution is 5.79. The molecule has 1 aliphatic heterocycles. The number of phenolic OH excluding ortho intramolecular Hbond substituents is 1. The third-order valence-electron chi connectivity index (χ3n) is 7.78. The van der Waals surface area contributed by atoms with Gasteiger partial charge >= 0.3 is 11.9 Å². The summed E-state index contributed by atoms with van der Waals surface area (Å²) >= 11 is 0. The minimum Gasteiger partial charge on any atom is -0.504 e. The lowest BCUT2D eigenvalue weighted by Crippen LogP contribution is -2.53. The van der Waals surface area contributed by atoms with Crippen LogP contribution in [-0.2, 0) is 30.3 Å². The van der Waals surface area contributed by atoms with Crippen LogP contribution in [0.15, 0.2) is 60.7 Å². The van der Waals surface area contributed by atoms with Gasteiger partial charge in [-0.25, -0.2) is 0 Å². The molecular weight excluding hydrogens is 520 g/mol. The first-order valence-electron chi connectivity index (χ1n) is 12.5. The number of benzene rings is 3. The molecular formula is C30H30O10. The SMILES string of the molecule is COC(=O)[C@H]1[C@@H](c2ccccc2)[C@]2(c3ccc(OC)c(O)c3)Oc3cc(OC)cc(OC)c3[C@]2(O)[C@H]1OC(C)=O. The number of ether oxygens (including phenoxy) is 6. The zero-order valence-corrected chi connectivity index (χ0v) is 22.7. The normalized spacial score (nSPS) is 26.2. The number of carbonyl (C=O) groups is 2. The van der Waals surface area contributed by atoms with Gasteiger partial charge in [0.05, 0.1) is 34.0 Å². The monoisotopic (exact) mass is 550 g/mol. The number of rotatable bonds is 7. The molecule has 3 aromatic rings. The van der Waals surface area contributed by atoms with Crippen molar-refractivity contribution in [3.63, 3.8) is 0 Å². The molecule has 0 bridgehead atoms. The molecule has 0 unspecified atom stereocenters. The van der Waals surface area contributed by atoms with E-state index in [9.17, 15) is 19.8 Å². The minimum atomic E-state index is -2.22. The van der Waals surface area contributed by atoms with Crippen LogP contribution in [0.4, 0.5) is 0 Å². The summed E-state index contributed by atoms with van der Waals surface area (Å²) in [7, 11) is 5.53. The fourth-order valence-electron chi connectivity index (χ4n) is 6.29. The molecule has 0 radical (unpaired) electrons. The predicted molar refractivity (Wildman–Crippen MR) is 141 cm³/mol. The molecule has 0 amide bonds. The lowest BCUT2D eigenvalue weighted by molar-refractivity contribution is -0.185. The summed E-state index contributed by atoms with van der Waals surface area (Å²) in [5.74, 6) is -2.94. The largest absolute Gasteiger partial charge is 0.504 e. The first-order valence-corrected chi connectivity index (χ1v) is 12.5. The van der Waals surface area contributed by atoms with Crippen LogP contribution in [0, 0.1) is 5.92 Å². The van der Waals surface area contributed by atoms with Crippen molar-refractivity contribution in [3.05, 3.63) is 77.4 Å². The maximum atomic E-state index is 13.6. The van der Waals surface area contributed by atoms with Gasteiger partial charge in [0.2, 0.25) is 0 Å². The van der Waals surface area contributed by atoms with Crippen LogP contribution in [0.2, 0.25) is 0 Å². The average Bonchev–Trinajstić information content (AvgIpc) is 3.34. The second-order valence-electron chi connectivity index (χ2n) is 9.66. The highest BCUT2D eigenvalue weighted by atomic mass is 16.6. The molecule has 1 aliphatic carbocycles. The smallest absolute Gasteiger partial charge is 0.313 e. The van der Waals surface area contributed by atoms with Gasteiger partial charge in [0.15, 0.2) is 28.8 Å². The molecule has 0 aromatic heterocycles. The second kappa shape index (κ2) is 9.95. The van der Waals surface area contributed by atoms with E-state index >= 15 is 0 Å². The van der Waals surface area contributed by atoms with E-state index < -0.39 is 41.1 Å². The van der Waals surface area contributed by atoms with Crippen LogP contribution in [0.1, 0.15) is 29.5 Å². The summed E-state index contributed by atoms with van der Waals surface area (Å²) in [5, 5.41) is 23.9. The topological polar surface area (TPSA) is 130 Å². The van der Waals surface area contributed by atoms with E-state index in [0.29, 0.717) is 16.9 Å². The molecule has 5 rings (SSSR count). The van der Waals surface area contributed by atoms with Gasteiger partial charge in [-0.1, -0.05) is 36.4 Å². The number of hydrogen-bond acceptors (Lipinski definition) is 10. The lowest BCUT2D eigenvalue weighted by Gasteiger charge is -2.41. The Morgan fingerprint density at radius 2 is 1.60 bits per heavy atom. The molecule has 2 aliphatic rings. The molecule has 10 heteroatoms. The molecule has 40 heavy (non-hydrogen) atoms. The molecule has 2 N–H and O–H groups in total. The summed E-state index contributed by atoms with van der Waals surface area (Å²) in [4.78, 5) is 26.1. The van der Waals surface area contributed by atoms with Crippen molar-refractivity contribution < 1.29 is 48.2 Å². The van der Waals surface area contributed by atoms with Crippen molar-refractivity contribution in [1.29, 1.82) is 0 Å². The third-order valence-corrected chi connectivity index (χ3v) is 7.78. The highest BCUT2D eigenvalue weighted by Gasteiger charge is 2.80. The molecule has 0 saturated heterocycles. The van der Waals surface area contributed by atoms with E-state index in [-0.39, 0.29) is 28.6 Å². The summed E-state index contributed by atoms with van der Waals surface area (Å²) < 4.78 is 34.2. The molecule has 10 nitrogen and oxygen atoms in total. The van der Waals surface area contributed by atoms with Gasteiger partial charge in [-0.2, -0.15) is 0 Å². The third kappa shape index (κ3) is 3.66. The number of hydrogen-bond donors (Lipinski definition) is 2. The van der Waals surface area contributed by atoms with Crippen molar-refractivity contribution in [1.82, 2.24) is 0 Å². The fourth-order valence-corrected chi connectivity index (χ4v) is 6.29. The summed E-state index contributed by atoms with van der Waals surface area (Å²) in [6.07, 6.45) is -1.49. The first kappa shape index (κ1) is 27.1. The number of aromatic hydroxyl groups is 1. The van der Waals surface area contributed by atoms with Gasteiger partial charge in [-0.15, -0.1) is 0 Å². The van der Waals surface area contributed by atoms with Crippen molar-refractivity contribution >= 4 is 11.9 Å². The number of methoxy groups -OCH3 is 4. The number of esters is 2. The van der Waals surface area contributed by atoms with Gasteiger partial charge in [0.1, 0.15) is 23.2 Å². The van der Waals surface area contributed by atoms with Crippen LogP contribution >= 0.6 is 0 Å². The number of aliphatic hydroxyl groups is 1. The van der Waals surface area contributed by atoms with Crippen molar-refractivity contribution in [2.24, 2.45) is 5.92 Å². The Morgan fingerprint density at radius 1 is 0.900 bits per heavy atom. The van der Waals surface area contributed by atoms with Crippen LogP contribution < -0.4 is 18.9 Å². The van der Waals surface area contributed by atoms with E-state index in [4.69, 9.17) is 28.4 Å². The van der Waals surface area contributed by atoms with E-state index in [1.807, 2.05) is 6.07 Å². The van der Waals surface area contributed by atoms with E-state index in [1.54, 1.807) is 42.5 Å². The Balaban J connectivity index is 1.95. The Morgan fingerprint density at radius 3 is 2.17 bits per heavy atom. The minimum absolute atomic E-state index is 0.157. The lowest BCUT2D eigenvalue weighted by atomic mass is 9.70. The number of carbonyl (C=O) groups excluding carboxylic acids is 2. The van der Waals surface area contributed by atoms with Gasteiger partial charge in [-0.05, 0) is 17.7 Å². The Kier molecular flexibility index (Phi) is 6.75. The fraction of sp³-hybridized carbons (Fsp3) is 0.333. The molecule has 1 fully saturated rings. The maximum Gasteiger partial charge on any atom is 0.313 e. The zero-order chi connectivity index (χ0) is 28.8.